The molecule has 1 heterocycles. The standard InChI is InChI=1S/C15H14N6O/c1-16-14(22)11-7-9-12(10-8-11)17-15-18-19-20-21(15)13-5-3-2-4-6-13/h2-10H,1H3,(H,16,22)(H,17,18,20). The summed E-state index contributed by atoms with van der Waals surface area (Å²) in [5, 5.41) is 17.3. The number of hydrogen-bond donors (Lipinski definition) is 2. The number of carbonyl (C=O) groups is 1. The van der Waals surface area contributed by atoms with Gasteiger partial charge >= 0.3 is 0 Å². The number of nitrogens with one attached hydrogen (secondary N) is 2. The molecule has 7 heteroatoms. The maximum atomic E-state index is 11.5. The number of anilines is 2. The summed E-state index contributed by atoms with van der Waals surface area (Å²) in [5.41, 5.74) is 2.24. The number of hydrogen-bond acceptors (Lipinski definition) is 5. The molecule has 0 bridgehead atoms. The zero-order valence-electron chi connectivity index (χ0n) is 11.9. The summed E-state index contributed by atoms with van der Waals surface area (Å²) < 4.78 is 1.60. The Kier molecular flexibility index (Phi) is 3.78. The molecule has 0 unspecified atom stereocenters. The molecule has 0 radical (unpaired) electrons. The van der Waals surface area contributed by atoms with Crippen LogP contribution in [0, 0.1) is 0 Å². The van der Waals surface area contributed by atoms with Crippen molar-refractivity contribution in [1.29, 1.82) is 0 Å². The first-order valence-electron chi connectivity index (χ1n) is 6.71. The maximum absolute atomic E-state index is 11.5. The molecule has 0 fully saturated rings. The van der Waals surface area contributed by atoms with E-state index in [1.165, 1.54) is 0 Å². The van der Waals surface area contributed by atoms with Crippen molar-refractivity contribution in [3.63, 3.8) is 0 Å². The van der Waals surface area contributed by atoms with Crippen LogP contribution in [0.25, 0.3) is 5.69 Å². The first-order valence-corrected chi connectivity index (χ1v) is 6.71. The van der Waals surface area contributed by atoms with Gasteiger partial charge in [-0.05, 0) is 46.8 Å². The minimum atomic E-state index is -0.124. The molecule has 0 aliphatic rings. The van der Waals surface area contributed by atoms with E-state index in [0.717, 1.165) is 11.4 Å². The van der Waals surface area contributed by atoms with Crippen LogP contribution in [0.3, 0.4) is 0 Å². The van der Waals surface area contributed by atoms with Crippen molar-refractivity contribution in [3.8, 4) is 5.69 Å². The molecule has 0 spiro atoms. The number of carbonyl (C=O) groups excluding carboxylic acids is 1. The molecule has 0 aliphatic heterocycles. The second kappa shape index (κ2) is 6.04. The number of benzene rings is 2. The van der Waals surface area contributed by atoms with Crippen molar-refractivity contribution in [1.82, 2.24) is 25.5 Å². The highest BCUT2D eigenvalue weighted by atomic mass is 16.1. The predicted octanol–water partition coefficient (Wildman–Crippen LogP) is 1.77. The highest BCUT2D eigenvalue weighted by Gasteiger charge is 2.08. The summed E-state index contributed by atoms with van der Waals surface area (Å²) >= 11 is 0. The third-order valence-corrected chi connectivity index (χ3v) is 3.10. The van der Waals surface area contributed by atoms with E-state index in [0.29, 0.717) is 11.5 Å². The Bertz CT molecular complexity index is 766. The number of tetrazole rings is 1. The smallest absolute Gasteiger partial charge is 0.252 e. The lowest BCUT2D eigenvalue weighted by molar-refractivity contribution is 0.0963. The van der Waals surface area contributed by atoms with Crippen LogP contribution in [0.4, 0.5) is 11.6 Å². The quantitative estimate of drug-likeness (QED) is 0.766. The van der Waals surface area contributed by atoms with Crippen molar-refractivity contribution in [2.45, 2.75) is 0 Å². The van der Waals surface area contributed by atoms with Crippen LogP contribution in [0.5, 0.6) is 0 Å². The predicted molar refractivity (Wildman–Crippen MR) is 82.3 cm³/mol. The topological polar surface area (TPSA) is 84.7 Å². The maximum Gasteiger partial charge on any atom is 0.252 e. The molecule has 1 amide bonds. The molecule has 2 aromatic carbocycles. The Morgan fingerprint density at radius 3 is 2.45 bits per heavy atom. The fourth-order valence-electron chi connectivity index (χ4n) is 1.99. The lowest BCUT2D eigenvalue weighted by Crippen LogP contribution is -2.17. The molecule has 110 valence electrons. The highest BCUT2D eigenvalue weighted by Crippen LogP contribution is 2.17. The summed E-state index contributed by atoms with van der Waals surface area (Å²) in [6.45, 7) is 0. The van der Waals surface area contributed by atoms with Gasteiger partial charge in [-0.1, -0.05) is 23.3 Å². The molecule has 3 aromatic rings. The first-order chi connectivity index (χ1) is 10.8. The molecule has 1 aromatic heterocycles. The largest absolute Gasteiger partial charge is 0.355 e. The van der Waals surface area contributed by atoms with Crippen LogP contribution < -0.4 is 10.6 Å². The zero-order chi connectivity index (χ0) is 15.4. The lowest BCUT2D eigenvalue weighted by Gasteiger charge is -2.07. The van der Waals surface area contributed by atoms with Crippen molar-refractivity contribution in [2.24, 2.45) is 0 Å². The average molecular weight is 294 g/mol. The van der Waals surface area contributed by atoms with Crippen molar-refractivity contribution in [3.05, 3.63) is 60.2 Å². The number of amides is 1. The summed E-state index contributed by atoms with van der Waals surface area (Å²) in [7, 11) is 1.60. The zero-order valence-corrected chi connectivity index (χ0v) is 11.9. The van der Waals surface area contributed by atoms with Gasteiger partial charge in [-0.3, -0.25) is 4.79 Å². The highest BCUT2D eigenvalue weighted by molar-refractivity contribution is 5.94. The fraction of sp³-hybridized carbons (Fsp3) is 0.0667. The van der Waals surface area contributed by atoms with Gasteiger partial charge in [0.15, 0.2) is 0 Å². The van der Waals surface area contributed by atoms with Crippen molar-refractivity contribution < 1.29 is 4.79 Å². The van der Waals surface area contributed by atoms with Gasteiger partial charge < -0.3 is 10.6 Å². The van der Waals surface area contributed by atoms with Crippen LogP contribution in [0.2, 0.25) is 0 Å². The normalized spacial score (nSPS) is 10.2. The van der Waals surface area contributed by atoms with E-state index in [2.05, 4.69) is 26.2 Å². The van der Waals surface area contributed by atoms with Gasteiger partial charge in [0.05, 0.1) is 5.69 Å². The minimum Gasteiger partial charge on any atom is -0.355 e. The molecule has 0 saturated carbocycles. The average Bonchev–Trinajstić information content (AvgIpc) is 3.04. The van der Waals surface area contributed by atoms with Gasteiger partial charge in [0.25, 0.3) is 11.9 Å². The SMILES string of the molecule is CNC(=O)c1ccc(Nc2nnnn2-c2ccccc2)cc1. The van der Waals surface area contributed by atoms with Gasteiger partial charge in [0, 0.05) is 18.3 Å². The van der Waals surface area contributed by atoms with Crippen molar-refractivity contribution >= 4 is 17.5 Å². The van der Waals surface area contributed by atoms with E-state index in [9.17, 15) is 4.79 Å². The molecule has 7 nitrogen and oxygen atoms in total. The van der Waals surface area contributed by atoms with Crippen LogP contribution in [-0.2, 0) is 0 Å². The van der Waals surface area contributed by atoms with Gasteiger partial charge in [0.1, 0.15) is 0 Å². The Morgan fingerprint density at radius 2 is 1.77 bits per heavy atom. The van der Waals surface area contributed by atoms with Crippen molar-refractivity contribution in [2.75, 3.05) is 12.4 Å². The van der Waals surface area contributed by atoms with Gasteiger partial charge in [-0.15, -0.1) is 0 Å². The second-order valence-electron chi connectivity index (χ2n) is 4.53. The number of rotatable bonds is 4. The minimum absolute atomic E-state index is 0.124. The fourth-order valence-corrected chi connectivity index (χ4v) is 1.99. The number of aromatic nitrogens is 4. The molecule has 0 aliphatic carbocycles. The second-order valence-corrected chi connectivity index (χ2v) is 4.53. The summed E-state index contributed by atoms with van der Waals surface area (Å²) in [6, 6.07) is 16.7. The Labute approximate surface area is 127 Å². The van der Waals surface area contributed by atoms with E-state index in [4.69, 9.17) is 0 Å². The van der Waals surface area contributed by atoms with Crippen LogP contribution >= 0.6 is 0 Å². The summed E-state index contributed by atoms with van der Waals surface area (Å²) in [5.74, 6) is 0.375. The lowest BCUT2D eigenvalue weighted by atomic mass is 10.2. The Hall–Kier alpha value is -3.22. The number of para-hydroxylation sites is 1. The van der Waals surface area contributed by atoms with E-state index < -0.39 is 0 Å². The number of nitrogens with zero attached hydrogens (tertiary/aromatic N) is 4. The summed E-state index contributed by atoms with van der Waals surface area (Å²) in [6.07, 6.45) is 0. The first kappa shape index (κ1) is 13.7. The van der Waals surface area contributed by atoms with E-state index in [1.807, 2.05) is 30.3 Å². The summed E-state index contributed by atoms with van der Waals surface area (Å²) in [4.78, 5) is 11.5. The third kappa shape index (κ3) is 2.78. The molecule has 22 heavy (non-hydrogen) atoms. The molecule has 0 saturated heterocycles. The molecular weight excluding hydrogens is 280 g/mol. The van der Waals surface area contributed by atoms with Crippen LogP contribution in [-0.4, -0.2) is 33.2 Å². The Morgan fingerprint density at radius 1 is 1.05 bits per heavy atom. The van der Waals surface area contributed by atoms with E-state index in [-0.39, 0.29) is 5.91 Å². The molecular formula is C15H14N6O. The monoisotopic (exact) mass is 294 g/mol. The van der Waals surface area contributed by atoms with Gasteiger partial charge in [-0.2, -0.15) is 4.68 Å². The third-order valence-electron chi connectivity index (χ3n) is 3.10. The van der Waals surface area contributed by atoms with E-state index in [1.54, 1.807) is 36.0 Å². The Balaban J connectivity index is 1.83. The van der Waals surface area contributed by atoms with Gasteiger partial charge in [0.2, 0.25) is 0 Å². The van der Waals surface area contributed by atoms with Crippen LogP contribution in [0.15, 0.2) is 54.6 Å². The van der Waals surface area contributed by atoms with E-state index >= 15 is 0 Å². The molecule has 3 rings (SSSR count). The molecule has 0 atom stereocenters. The molecule has 2 N–H and O–H groups in total. The van der Waals surface area contributed by atoms with Crippen LogP contribution in [0.1, 0.15) is 10.4 Å². The van der Waals surface area contributed by atoms with Gasteiger partial charge in [-0.25, -0.2) is 0 Å².